The van der Waals surface area contributed by atoms with Crippen LogP contribution in [0.3, 0.4) is 0 Å². The van der Waals surface area contributed by atoms with Gasteiger partial charge < -0.3 is 10.0 Å². The highest BCUT2D eigenvalue weighted by Crippen LogP contribution is 2.37. The zero-order chi connectivity index (χ0) is 13.2. The Hall–Kier alpha value is -0.450. The second-order valence-corrected chi connectivity index (χ2v) is 6.35. The number of halogens is 1. The molecular formula is C14H21BrN2O. The Morgan fingerprint density at radius 1 is 1.39 bits per heavy atom. The SMILES string of the molecule is CN(C)C1(C(O)Cc2cncc(Br)c2)CCCC1. The highest BCUT2D eigenvalue weighted by molar-refractivity contribution is 9.10. The average Bonchev–Trinajstić information content (AvgIpc) is 2.79. The Bertz CT molecular complexity index is 403. The normalized spacial score (nSPS) is 20.3. The van der Waals surface area contributed by atoms with Crippen molar-refractivity contribution in [1.82, 2.24) is 9.88 Å². The first-order chi connectivity index (χ1) is 8.54. The number of aliphatic hydroxyl groups is 1. The van der Waals surface area contributed by atoms with Gasteiger partial charge in [-0.15, -0.1) is 0 Å². The summed E-state index contributed by atoms with van der Waals surface area (Å²) >= 11 is 3.42. The molecule has 0 aromatic carbocycles. The van der Waals surface area contributed by atoms with Gasteiger partial charge in [0.25, 0.3) is 0 Å². The maximum atomic E-state index is 10.6. The molecule has 0 bridgehead atoms. The van der Waals surface area contributed by atoms with E-state index >= 15 is 0 Å². The summed E-state index contributed by atoms with van der Waals surface area (Å²) in [5, 5.41) is 10.6. The lowest BCUT2D eigenvalue weighted by molar-refractivity contribution is -0.00255. The number of likely N-dealkylation sites (N-methyl/N-ethyl adjacent to an activating group) is 1. The van der Waals surface area contributed by atoms with E-state index in [2.05, 4.69) is 39.9 Å². The molecular weight excluding hydrogens is 292 g/mol. The van der Waals surface area contributed by atoms with E-state index in [1.54, 1.807) is 6.20 Å². The van der Waals surface area contributed by atoms with Crippen LogP contribution in [0.4, 0.5) is 0 Å². The van der Waals surface area contributed by atoms with Gasteiger partial charge >= 0.3 is 0 Å². The van der Waals surface area contributed by atoms with Crippen molar-refractivity contribution in [2.75, 3.05) is 14.1 Å². The molecule has 0 amide bonds. The van der Waals surface area contributed by atoms with Crippen LogP contribution in [0.5, 0.6) is 0 Å². The van der Waals surface area contributed by atoms with Crippen LogP contribution in [0.25, 0.3) is 0 Å². The summed E-state index contributed by atoms with van der Waals surface area (Å²) in [6, 6.07) is 2.04. The van der Waals surface area contributed by atoms with E-state index in [4.69, 9.17) is 0 Å². The van der Waals surface area contributed by atoms with Crippen LogP contribution < -0.4 is 0 Å². The zero-order valence-corrected chi connectivity index (χ0v) is 12.7. The minimum atomic E-state index is -0.328. The lowest BCUT2D eigenvalue weighted by Crippen LogP contribution is -2.52. The number of aromatic nitrogens is 1. The summed E-state index contributed by atoms with van der Waals surface area (Å²) in [6.07, 6.45) is 8.55. The molecule has 1 heterocycles. The molecule has 18 heavy (non-hydrogen) atoms. The molecule has 0 saturated heterocycles. The Labute approximate surface area is 117 Å². The van der Waals surface area contributed by atoms with Crippen molar-refractivity contribution in [3.05, 3.63) is 28.5 Å². The highest BCUT2D eigenvalue weighted by Gasteiger charge is 2.42. The predicted octanol–water partition coefficient (Wildman–Crippen LogP) is 2.62. The van der Waals surface area contributed by atoms with E-state index in [1.165, 1.54) is 12.8 Å². The average molecular weight is 313 g/mol. The maximum absolute atomic E-state index is 10.6. The van der Waals surface area contributed by atoms with Gasteiger partial charge in [0.05, 0.1) is 6.10 Å². The molecule has 1 fully saturated rings. The number of aliphatic hydroxyl groups excluding tert-OH is 1. The first-order valence-corrected chi connectivity index (χ1v) is 7.29. The fourth-order valence-corrected chi connectivity index (χ4v) is 3.46. The van der Waals surface area contributed by atoms with Gasteiger partial charge in [-0.1, -0.05) is 12.8 Å². The van der Waals surface area contributed by atoms with Gasteiger partial charge in [-0.3, -0.25) is 4.98 Å². The van der Waals surface area contributed by atoms with Crippen molar-refractivity contribution in [2.45, 2.75) is 43.7 Å². The third-order valence-electron chi connectivity index (χ3n) is 4.17. The topological polar surface area (TPSA) is 36.4 Å². The molecule has 2 rings (SSSR count). The van der Waals surface area contributed by atoms with Crippen molar-refractivity contribution < 1.29 is 5.11 Å². The van der Waals surface area contributed by atoms with Crippen LogP contribution in [0, 0.1) is 0 Å². The fraction of sp³-hybridized carbons (Fsp3) is 0.643. The Balaban J connectivity index is 2.13. The van der Waals surface area contributed by atoms with Gasteiger partial charge in [0.2, 0.25) is 0 Å². The lowest BCUT2D eigenvalue weighted by Gasteiger charge is -2.40. The van der Waals surface area contributed by atoms with Gasteiger partial charge in [0.1, 0.15) is 0 Å². The van der Waals surface area contributed by atoms with Crippen LogP contribution in [0.15, 0.2) is 22.9 Å². The van der Waals surface area contributed by atoms with E-state index < -0.39 is 0 Å². The number of hydrogen-bond acceptors (Lipinski definition) is 3. The molecule has 1 aromatic heterocycles. The largest absolute Gasteiger partial charge is 0.391 e. The van der Waals surface area contributed by atoms with Crippen molar-refractivity contribution in [3.63, 3.8) is 0 Å². The number of nitrogens with zero attached hydrogens (tertiary/aromatic N) is 2. The van der Waals surface area contributed by atoms with Crippen molar-refractivity contribution in [1.29, 1.82) is 0 Å². The summed E-state index contributed by atoms with van der Waals surface area (Å²) in [4.78, 5) is 6.36. The first kappa shape index (κ1) is 14.0. The summed E-state index contributed by atoms with van der Waals surface area (Å²) in [5.74, 6) is 0. The minimum Gasteiger partial charge on any atom is -0.391 e. The predicted molar refractivity (Wildman–Crippen MR) is 76.5 cm³/mol. The molecule has 1 aliphatic rings. The highest BCUT2D eigenvalue weighted by atomic mass is 79.9. The van der Waals surface area contributed by atoms with Crippen LogP contribution in [0.2, 0.25) is 0 Å². The summed E-state index contributed by atoms with van der Waals surface area (Å²) in [7, 11) is 4.15. The Morgan fingerprint density at radius 3 is 2.61 bits per heavy atom. The van der Waals surface area contributed by atoms with Gasteiger partial charge in [-0.25, -0.2) is 0 Å². The third-order valence-corrected chi connectivity index (χ3v) is 4.60. The number of pyridine rings is 1. The summed E-state index contributed by atoms with van der Waals surface area (Å²) in [6.45, 7) is 0. The summed E-state index contributed by atoms with van der Waals surface area (Å²) < 4.78 is 0.970. The smallest absolute Gasteiger partial charge is 0.0764 e. The summed E-state index contributed by atoms with van der Waals surface area (Å²) in [5.41, 5.74) is 1.03. The standard InChI is InChI=1S/C14H21BrN2O/c1-17(2)14(5-3-4-6-14)13(18)8-11-7-12(15)10-16-9-11/h7,9-10,13,18H,3-6,8H2,1-2H3. The molecule has 1 N–H and O–H groups in total. The molecule has 0 aliphatic heterocycles. The molecule has 0 radical (unpaired) electrons. The van der Waals surface area contributed by atoms with Gasteiger partial charge in [-0.2, -0.15) is 0 Å². The van der Waals surface area contributed by atoms with E-state index in [0.29, 0.717) is 6.42 Å². The van der Waals surface area contributed by atoms with Gasteiger partial charge in [-0.05, 0) is 54.5 Å². The molecule has 0 spiro atoms. The zero-order valence-electron chi connectivity index (χ0n) is 11.1. The second-order valence-electron chi connectivity index (χ2n) is 5.44. The number of rotatable bonds is 4. The van der Waals surface area contributed by atoms with Crippen LogP contribution >= 0.6 is 15.9 Å². The first-order valence-electron chi connectivity index (χ1n) is 6.49. The molecule has 3 nitrogen and oxygen atoms in total. The van der Waals surface area contributed by atoms with Crippen molar-refractivity contribution in [2.24, 2.45) is 0 Å². The number of hydrogen-bond donors (Lipinski definition) is 1. The second kappa shape index (κ2) is 5.68. The fourth-order valence-electron chi connectivity index (χ4n) is 3.05. The molecule has 100 valence electrons. The van der Waals surface area contributed by atoms with Gasteiger partial charge in [0, 0.05) is 28.8 Å². The quantitative estimate of drug-likeness (QED) is 0.928. The van der Waals surface area contributed by atoms with Crippen LogP contribution in [-0.4, -0.2) is 40.7 Å². The minimum absolute atomic E-state index is 0.0533. The van der Waals surface area contributed by atoms with E-state index in [9.17, 15) is 5.11 Å². The molecule has 1 aromatic rings. The Morgan fingerprint density at radius 2 is 2.06 bits per heavy atom. The van der Waals surface area contributed by atoms with Crippen LogP contribution in [0.1, 0.15) is 31.2 Å². The third kappa shape index (κ3) is 2.76. The molecule has 1 atom stereocenters. The lowest BCUT2D eigenvalue weighted by atomic mass is 9.85. The molecule has 1 aliphatic carbocycles. The maximum Gasteiger partial charge on any atom is 0.0764 e. The van der Waals surface area contributed by atoms with Crippen LogP contribution in [-0.2, 0) is 6.42 Å². The van der Waals surface area contributed by atoms with Crippen molar-refractivity contribution >= 4 is 15.9 Å². The van der Waals surface area contributed by atoms with E-state index in [-0.39, 0.29) is 11.6 Å². The van der Waals surface area contributed by atoms with E-state index in [0.717, 1.165) is 22.9 Å². The molecule has 1 saturated carbocycles. The van der Waals surface area contributed by atoms with Gasteiger partial charge in [0.15, 0.2) is 0 Å². The van der Waals surface area contributed by atoms with Crippen molar-refractivity contribution in [3.8, 4) is 0 Å². The Kier molecular flexibility index (Phi) is 4.41. The van der Waals surface area contributed by atoms with E-state index in [1.807, 2.05) is 12.3 Å². The monoisotopic (exact) mass is 312 g/mol. The molecule has 4 heteroatoms. The molecule has 1 unspecified atom stereocenters.